The van der Waals surface area contributed by atoms with Crippen LogP contribution in [0.2, 0.25) is 0 Å². The van der Waals surface area contributed by atoms with Gasteiger partial charge in [-0.1, -0.05) is 36.4 Å². The van der Waals surface area contributed by atoms with E-state index in [9.17, 15) is 9.18 Å². The molecule has 0 radical (unpaired) electrons. The van der Waals surface area contributed by atoms with E-state index in [1.54, 1.807) is 23.1 Å². The Hall–Kier alpha value is -3.94. The van der Waals surface area contributed by atoms with Crippen molar-refractivity contribution >= 4 is 12.0 Å². The van der Waals surface area contributed by atoms with Crippen LogP contribution in [0, 0.1) is 5.82 Å². The molecule has 2 aliphatic heterocycles. The Balaban J connectivity index is 1.48. The van der Waals surface area contributed by atoms with Gasteiger partial charge in [-0.3, -0.25) is 0 Å². The number of rotatable bonds is 5. The van der Waals surface area contributed by atoms with Gasteiger partial charge in [0.1, 0.15) is 11.6 Å². The molecule has 0 unspecified atom stereocenters. The maximum absolute atomic E-state index is 13.8. The van der Waals surface area contributed by atoms with Gasteiger partial charge in [-0.2, -0.15) is 4.98 Å². The lowest BCUT2D eigenvalue weighted by Crippen LogP contribution is -2.43. The average molecular weight is 460 g/mol. The Morgan fingerprint density at radius 3 is 2.76 bits per heavy atom. The highest BCUT2D eigenvalue weighted by Gasteiger charge is 2.28. The van der Waals surface area contributed by atoms with Gasteiger partial charge in [0.05, 0.1) is 17.8 Å². The molecule has 2 amide bonds. The van der Waals surface area contributed by atoms with E-state index in [-0.39, 0.29) is 6.03 Å². The van der Waals surface area contributed by atoms with Gasteiger partial charge < -0.3 is 19.9 Å². The van der Waals surface area contributed by atoms with Gasteiger partial charge in [0.25, 0.3) is 0 Å². The lowest BCUT2D eigenvalue weighted by atomic mass is 10.0. The summed E-state index contributed by atoms with van der Waals surface area (Å²) in [5.41, 5.74) is 4.19. The number of nitrogens with one attached hydrogen (secondary N) is 1. The molecule has 2 aromatic carbocycles. The topological polar surface area (TPSA) is 70.6 Å². The van der Waals surface area contributed by atoms with E-state index in [1.165, 1.54) is 23.3 Å². The van der Waals surface area contributed by atoms with Crippen molar-refractivity contribution in [2.24, 2.45) is 0 Å². The van der Waals surface area contributed by atoms with Crippen LogP contribution < -0.4 is 15.0 Å². The molecule has 0 aliphatic carbocycles. The minimum absolute atomic E-state index is 0.182. The number of hydrogen-bond acceptors (Lipinski definition) is 5. The van der Waals surface area contributed by atoms with Crippen LogP contribution in [0.4, 0.5) is 15.1 Å². The number of carbonyl (C=O) groups is 1. The fourth-order valence-electron chi connectivity index (χ4n) is 4.35. The zero-order chi connectivity index (χ0) is 23.5. The van der Waals surface area contributed by atoms with Crippen molar-refractivity contribution in [3.8, 4) is 11.6 Å². The number of halogens is 1. The fraction of sp³-hybridized carbons (Fsp3) is 0.269. The fourth-order valence-corrected chi connectivity index (χ4v) is 4.35. The van der Waals surface area contributed by atoms with Crippen LogP contribution in [-0.4, -0.2) is 40.5 Å². The summed E-state index contributed by atoms with van der Waals surface area (Å²) in [6.45, 7) is 6.39. The lowest BCUT2D eigenvalue weighted by Gasteiger charge is -2.32. The number of aromatic nitrogens is 2. The van der Waals surface area contributed by atoms with Crippen molar-refractivity contribution in [1.82, 2.24) is 20.2 Å². The Bertz CT molecular complexity index is 1230. The van der Waals surface area contributed by atoms with Gasteiger partial charge >= 0.3 is 6.03 Å². The van der Waals surface area contributed by atoms with Gasteiger partial charge in [-0.15, -0.1) is 6.58 Å². The molecule has 0 saturated carbocycles. The lowest BCUT2D eigenvalue weighted by molar-refractivity contribution is 0.192. The molecule has 8 heteroatoms. The summed E-state index contributed by atoms with van der Waals surface area (Å²) in [7, 11) is 0. The number of urea groups is 1. The smallest absolute Gasteiger partial charge is 0.317 e. The van der Waals surface area contributed by atoms with Crippen LogP contribution in [0.3, 0.4) is 0 Å². The first kappa shape index (κ1) is 21.9. The normalized spacial score (nSPS) is 14.7. The predicted molar refractivity (Wildman–Crippen MR) is 127 cm³/mol. The molecule has 2 aliphatic rings. The van der Waals surface area contributed by atoms with Gasteiger partial charge in [-0.05, 0) is 29.7 Å². The number of benzene rings is 2. The van der Waals surface area contributed by atoms with Crippen molar-refractivity contribution in [1.29, 1.82) is 0 Å². The molecule has 0 saturated heterocycles. The second-order valence-electron chi connectivity index (χ2n) is 8.40. The Morgan fingerprint density at radius 1 is 1.09 bits per heavy atom. The molecule has 0 spiro atoms. The number of carbonyl (C=O) groups excluding carboxylic acids is 1. The zero-order valence-electron chi connectivity index (χ0n) is 18.8. The summed E-state index contributed by atoms with van der Waals surface area (Å²) in [6.07, 6.45) is 3.13. The molecule has 0 bridgehead atoms. The third-order valence-corrected chi connectivity index (χ3v) is 6.12. The van der Waals surface area contributed by atoms with Crippen LogP contribution in [0.15, 0.2) is 61.2 Å². The molecule has 0 fully saturated rings. The summed E-state index contributed by atoms with van der Waals surface area (Å²) < 4.78 is 19.9. The first-order valence-electron chi connectivity index (χ1n) is 11.4. The Labute approximate surface area is 197 Å². The molecule has 0 atom stereocenters. The molecule has 3 aromatic rings. The highest BCUT2D eigenvalue weighted by molar-refractivity contribution is 5.74. The van der Waals surface area contributed by atoms with E-state index in [4.69, 9.17) is 14.7 Å². The van der Waals surface area contributed by atoms with E-state index in [1.807, 2.05) is 6.07 Å². The van der Waals surface area contributed by atoms with E-state index < -0.39 is 5.82 Å². The molecular weight excluding hydrogens is 433 g/mol. The molecule has 3 heterocycles. The van der Waals surface area contributed by atoms with Crippen molar-refractivity contribution in [2.75, 3.05) is 24.5 Å². The molecule has 174 valence electrons. The number of ether oxygens (including phenoxy) is 1. The second-order valence-corrected chi connectivity index (χ2v) is 8.40. The number of fused-ring (bicyclic) bond motifs is 2. The van der Waals surface area contributed by atoms with Crippen LogP contribution >= 0.6 is 0 Å². The van der Waals surface area contributed by atoms with Gasteiger partial charge in [0, 0.05) is 38.7 Å². The third kappa shape index (κ3) is 4.57. The first-order valence-corrected chi connectivity index (χ1v) is 11.4. The van der Waals surface area contributed by atoms with Crippen LogP contribution in [-0.2, 0) is 25.9 Å². The van der Waals surface area contributed by atoms with Crippen molar-refractivity contribution < 1.29 is 13.9 Å². The number of anilines is 1. The van der Waals surface area contributed by atoms with Gasteiger partial charge in [0.15, 0.2) is 0 Å². The standard InChI is InChI=1S/C26H26FN5O2/c1-2-12-28-26(33)32-14-11-23-22(17-32)24(34-21-9-5-8-20(27)15-21)30-25(29-23)31-13-10-18-6-3-4-7-19(18)16-31/h2-9,15H,1,10-14,16-17H2,(H,28,33). The average Bonchev–Trinajstić information content (AvgIpc) is 2.86. The van der Waals surface area contributed by atoms with Crippen molar-refractivity contribution in [2.45, 2.75) is 25.9 Å². The maximum atomic E-state index is 13.8. The summed E-state index contributed by atoms with van der Waals surface area (Å²) in [4.78, 5) is 26.0. The molecule has 34 heavy (non-hydrogen) atoms. The maximum Gasteiger partial charge on any atom is 0.317 e. The Morgan fingerprint density at radius 2 is 1.94 bits per heavy atom. The van der Waals surface area contributed by atoms with E-state index >= 15 is 0 Å². The predicted octanol–water partition coefficient (Wildman–Crippen LogP) is 4.22. The summed E-state index contributed by atoms with van der Waals surface area (Å²) in [6, 6.07) is 14.2. The van der Waals surface area contributed by atoms with Crippen molar-refractivity contribution in [3.05, 3.63) is 89.4 Å². The first-order chi connectivity index (χ1) is 16.6. The van der Waals surface area contributed by atoms with Crippen LogP contribution in [0.5, 0.6) is 11.6 Å². The number of nitrogens with zero attached hydrogens (tertiary/aromatic N) is 4. The number of amides is 2. The second kappa shape index (κ2) is 9.51. The van der Waals surface area contributed by atoms with E-state index in [0.29, 0.717) is 50.2 Å². The van der Waals surface area contributed by atoms with Crippen LogP contribution in [0.1, 0.15) is 22.4 Å². The molecule has 1 aromatic heterocycles. The quantitative estimate of drug-likeness (QED) is 0.579. The molecular formula is C26H26FN5O2. The monoisotopic (exact) mass is 459 g/mol. The SMILES string of the molecule is C=CCNC(=O)N1CCc2nc(N3CCc4ccccc4C3)nc(Oc3cccc(F)c3)c2C1. The van der Waals surface area contributed by atoms with Gasteiger partial charge in [0.2, 0.25) is 11.8 Å². The molecule has 7 nitrogen and oxygen atoms in total. The van der Waals surface area contributed by atoms with Gasteiger partial charge in [-0.25, -0.2) is 14.2 Å². The molecule has 5 rings (SSSR count). The highest BCUT2D eigenvalue weighted by atomic mass is 19.1. The minimum atomic E-state index is -0.390. The molecule has 1 N–H and O–H groups in total. The van der Waals surface area contributed by atoms with E-state index in [2.05, 4.69) is 35.0 Å². The largest absolute Gasteiger partial charge is 0.438 e. The minimum Gasteiger partial charge on any atom is -0.438 e. The third-order valence-electron chi connectivity index (χ3n) is 6.12. The summed E-state index contributed by atoms with van der Waals surface area (Å²) in [5, 5.41) is 2.81. The summed E-state index contributed by atoms with van der Waals surface area (Å²) >= 11 is 0. The Kier molecular flexibility index (Phi) is 6.12. The summed E-state index contributed by atoms with van der Waals surface area (Å²) in [5.74, 6) is 0.901. The number of hydrogen-bond donors (Lipinski definition) is 1. The highest BCUT2D eigenvalue weighted by Crippen LogP contribution is 2.33. The van der Waals surface area contributed by atoms with E-state index in [0.717, 1.165) is 24.2 Å². The van der Waals surface area contributed by atoms with Crippen LogP contribution in [0.25, 0.3) is 0 Å². The van der Waals surface area contributed by atoms with Crippen molar-refractivity contribution in [3.63, 3.8) is 0 Å². The zero-order valence-corrected chi connectivity index (χ0v) is 18.8.